The molecule has 0 atom stereocenters. The zero-order chi connectivity index (χ0) is 18.1. The fraction of sp³-hybridized carbons (Fsp3) is 0.0500. The Morgan fingerprint density at radius 2 is 1.85 bits per heavy atom. The Balaban J connectivity index is 1.64. The van der Waals surface area contributed by atoms with Crippen molar-refractivity contribution in [2.45, 2.75) is 0 Å². The molecule has 2 aromatic carbocycles. The Kier molecular flexibility index (Phi) is 3.85. The Labute approximate surface area is 149 Å². The van der Waals surface area contributed by atoms with E-state index in [4.69, 9.17) is 0 Å². The number of aromatic nitrogens is 3. The molecular formula is C20H16N4O2. The normalized spacial score (nSPS) is 10.8. The lowest BCUT2D eigenvalue weighted by Gasteiger charge is -2.09. The lowest BCUT2D eigenvalue weighted by Crippen LogP contribution is -2.25. The molecule has 4 rings (SSSR count). The molecule has 0 saturated carbocycles. The number of para-hydroxylation sites is 2. The summed E-state index contributed by atoms with van der Waals surface area (Å²) in [5, 5.41) is 2.83. The molecule has 0 saturated heterocycles. The van der Waals surface area contributed by atoms with Crippen LogP contribution >= 0.6 is 0 Å². The zero-order valence-corrected chi connectivity index (χ0v) is 14.1. The minimum atomic E-state index is -0.341. The summed E-state index contributed by atoms with van der Waals surface area (Å²) in [6.45, 7) is 0. The highest BCUT2D eigenvalue weighted by atomic mass is 16.2. The number of fused-ring (bicyclic) bond motifs is 1. The number of carbonyl (C=O) groups excluding carboxylic acids is 1. The highest BCUT2D eigenvalue weighted by Gasteiger charge is 2.11. The van der Waals surface area contributed by atoms with Crippen molar-refractivity contribution in [2.24, 2.45) is 7.05 Å². The first-order chi connectivity index (χ1) is 12.6. The topological polar surface area (TPSA) is 79.8 Å². The fourth-order valence-electron chi connectivity index (χ4n) is 2.82. The average molecular weight is 344 g/mol. The van der Waals surface area contributed by atoms with Gasteiger partial charge in [0.15, 0.2) is 0 Å². The molecule has 0 bridgehead atoms. The van der Waals surface area contributed by atoms with Crippen LogP contribution in [0.4, 0.5) is 5.69 Å². The van der Waals surface area contributed by atoms with Gasteiger partial charge in [-0.2, -0.15) is 0 Å². The van der Waals surface area contributed by atoms with Crippen molar-refractivity contribution in [2.75, 3.05) is 5.32 Å². The Hall–Kier alpha value is -3.67. The largest absolute Gasteiger partial charge is 0.338 e. The second kappa shape index (κ2) is 6.33. The lowest BCUT2D eigenvalue weighted by atomic mass is 10.2. The highest BCUT2D eigenvalue weighted by molar-refractivity contribution is 6.03. The first-order valence-corrected chi connectivity index (χ1v) is 8.14. The number of amides is 1. The maximum Gasteiger partial charge on any atom is 0.272 e. The van der Waals surface area contributed by atoms with Crippen LogP contribution in [0.5, 0.6) is 0 Å². The molecular weight excluding hydrogens is 328 g/mol. The number of hydrogen-bond donors (Lipinski definition) is 2. The number of imidazole rings is 1. The molecule has 0 aliphatic carbocycles. The molecule has 128 valence electrons. The van der Waals surface area contributed by atoms with Crippen LogP contribution in [0.3, 0.4) is 0 Å². The molecule has 2 heterocycles. The van der Waals surface area contributed by atoms with E-state index in [1.807, 2.05) is 42.5 Å². The zero-order valence-electron chi connectivity index (χ0n) is 14.1. The van der Waals surface area contributed by atoms with Crippen molar-refractivity contribution in [3.8, 4) is 11.4 Å². The van der Waals surface area contributed by atoms with Gasteiger partial charge in [0.2, 0.25) is 0 Å². The van der Waals surface area contributed by atoms with E-state index in [0.717, 1.165) is 22.4 Å². The first-order valence-electron chi connectivity index (χ1n) is 8.14. The summed E-state index contributed by atoms with van der Waals surface area (Å²) < 4.78 is 1.32. The summed E-state index contributed by atoms with van der Waals surface area (Å²) in [5.74, 6) is 0.390. The molecule has 0 aliphatic rings. The van der Waals surface area contributed by atoms with Crippen LogP contribution in [-0.4, -0.2) is 20.4 Å². The van der Waals surface area contributed by atoms with E-state index in [9.17, 15) is 9.59 Å². The summed E-state index contributed by atoms with van der Waals surface area (Å²) in [4.78, 5) is 32.0. The third-order valence-corrected chi connectivity index (χ3v) is 4.20. The SMILES string of the molecule is Cn1c(C(=O)Nc2cccc(-c3nc4ccccc4[nH]3)c2)cccc1=O. The van der Waals surface area contributed by atoms with E-state index in [2.05, 4.69) is 15.3 Å². The van der Waals surface area contributed by atoms with Crippen LogP contribution in [0.15, 0.2) is 71.5 Å². The average Bonchev–Trinajstić information content (AvgIpc) is 3.08. The molecule has 2 N–H and O–H groups in total. The molecule has 0 aliphatic heterocycles. The summed E-state index contributed by atoms with van der Waals surface area (Å²) in [5.41, 5.74) is 3.40. The minimum absolute atomic E-state index is 0.228. The quantitative estimate of drug-likeness (QED) is 0.599. The number of carbonyl (C=O) groups is 1. The predicted molar refractivity (Wildman–Crippen MR) is 101 cm³/mol. The standard InChI is InChI=1S/C20H16N4O2/c1-24-17(10-5-11-18(24)25)20(26)21-14-7-4-6-13(12-14)19-22-15-8-2-3-9-16(15)23-19/h2-12H,1H3,(H,21,26)(H,22,23). The molecule has 0 unspecified atom stereocenters. The van der Waals surface area contributed by atoms with Crippen molar-refractivity contribution < 1.29 is 4.79 Å². The van der Waals surface area contributed by atoms with Gasteiger partial charge in [-0.1, -0.05) is 30.3 Å². The summed E-state index contributed by atoms with van der Waals surface area (Å²) in [6.07, 6.45) is 0. The number of rotatable bonds is 3. The number of hydrogen-bond acceptors (Lipinski definition) is 3. The number of aromatic amines is 1. The van der Waals surface area contributed by atoms with E-state index in [-0.39, 0.29) is 11.5 Å². The van der Waals surface area contributed by atoms with E-state index in [1.165, 1.54) is 10.6 Å². The number of nitrogens with one attached hydrogen (secondary N) is 2. The second-order valence-corrected chi connectivity index (χ2v) is 5.95. The number of H-pyrrole nitrogens is 1. The molecule has 2 aromatic heterocycles. The van der Waals surface area contributed by atoms with E-state index < -0.39 is 0 Å². The van der Waals surface area contributed by atoms with Gasteiger partial charge in [0.25, 0.3) is 11.5 Å². The van der Waals surface area contributed by atoms with Crippen molar-refractivity contribution in [1.82, 2.24) is 14.5 Å². The Bertz CT molecular complexity index is 1140. The van der Waals surface area contributed by atoms with Gasteiger partial charge in [-0.05, 0) is 30.3 Å². The molecule has 1 amide bonds. The summed E-state index contributed by atoms with van der Waals surface area (Å²) in [6, 6.07) is 19.8. The van der Waals surface area contributed by atoms with E-state index in [0.29, 0.717) is 11.4 Å². The number of anilines is 1. The smallest absolute Gasteiger partial charge is 0.272 e. The first kappa shape index (κ1) is 15.8. The van der Waals surface area contributed by atoms with Gasteiger partial charge in [0, 0.05) is 24.4 Å². The van der Waals surface area contributed by atoms with Gasteiger partial charge in [-0.25, -0.2) is 4.98 Å². The molecule has 0 radical (unpaired) electrons. The van der Waals surface area contributed by atoms with Crippen LogP contribution in [0.25, 0.3) is 22.4 Å². The van der Waals surface area contributed by atoms with Crippen LogP contribution < -0.4 is 10.9 Å². The third kappa shape index (κ3) is 2.88. The van der Waals surface area contributed by atoms with Gasteiger partial charge < -0.3 is 14.9 Å². The number of pyridine rings is 1. The molecule has 4 aromatic rings. The number of benzene rings is 2. The third-order valence-electron chi connectivity index (χ3n) is 4.20. The van der Waals surface area contributed by atoms with E-state index >= 15 is 0 Å². The number of nitrogens with zero attached hydrogens (tertiary/aromatic N) is 2. The Morgan fingerprint density at radius 3 is 2.69 bits per heavy atom. The van der Waals surface area contributed by atoms with Crippen LogP contribution in [0.2, 0.25) is 0 Å². The molecule has 26 heavy (non-hydrogen) atoms. The van der Waals surface area contributed by atoms with Gasteiger partial charge in [-0.15, -0.1) is 0 Å². The minimum Gasteiger partial charge on any atom is -0.338 e. The fourth-order valence-corrected chi connectivity index (χ4v) is 2.82. The monoisotopic (exact) mass is 344 g/mol. The maximum atomic E-state index is 12.5. The molecule has 0 spiro atoms. The van der Waals surface area contributed by atoms with Gasteiger partial charge in [0.05, 0.1) is 11.0 Å². The van der Waals surface area contributed by atoms with Crippen LogP contribution in [0.1, 0.15) is 10.5 Å². The van der Waals surface area contributed by atoms with Crippen molar-refractivity contribution in [3.63, 3.8) is 0 Å². The van der Waals surface area contributed by atoms with Crippen molar-refractivity contribution >= 4 is 22.6 Å². The van der Waals surface area contributed by atoms with Crippen LogP contribution in [-0.2, 0) is 7.05 Å². The van der Waals surface area contributed by atoms with Crippen molar-refractivity contribution in [3.05, 3.63) is 82.8 Å². The summed E-state index contributed by atoms with van der Waals surface area (Å²) >= 11 is 0. The predicted octanol–water partition coefficient (Wildman–Crippen LogP) is 3.18. The maximum absolute atomic E-state index is 12.5. The van der Waals surface area contributed by atoms with E-state index in [1.54, 1.807) is 25.2 Å². The van der Waals surface area contributed by atoms with Gasteiger partial charge >= 0.3 is 0 Å². The van der Waals surface area contributed by atoms with Gasteiger partial charge in [0.1, 0.15) is 11.5 Å². The second-order valence-electron chi connectivity index (χ2n) is 5.95. The van der Waals surface area contributed by atoms with Crippen molar-refractivity contribution in [1.29, 1.82) is 0 Å². The molecule has 6 heteroatoms. The van der Waals surface area contributed by atoms with Crippen LogP contribution in [0, 0.1) is 0 Å². The van der Waals surface area contributed by atoms with Gasteiger partial charge in [-0.3, -0.25) is 9.59 Å². The highest BCUT2D eigenvalue weighted by Crippen LogP contribution is 2.23. The Morgan fingerprint density at radius 1 is 1.04 bits per heavy atom. The molecule has 6 nitrogen and oxygen atoms in total. The molecule has 0 fully saturated rings. The summed E-state index contributed by atoms with van der Waals surface area (Å²) in [7, 11) is 1.57. The lowest BCUT2D eigenvalue weighted by molar-refractivity contribution is 0.101.